The molecule has 212 valence electrons. The third kappa shape index (κ3) is 5.14. The number of para-hydroxylation sites is 1. The van der Waals surface area contributed by atoms with Gasteiger partial charge in [-0.1, -0.05) is 133 Å². The van der Waals surface area contributed by atoms with Gasteiger partial charge in [-0.25, -0.2) is 0 Å². The van der Waals surface area contributed by atoms with Crippen LogP contribution in [0.2, 0.25) is 0 Å². The second-order valence-corrected chi connectivity index (χ2v) is 12.6. The molecule has 0 amide bonds. The van der Waals surface area contributed by atoms with Gasteiger partial charge in [-0.2, -0.15) is 0 Å². The first kappa shape index (κ1) is 27.8. The summed E-state index contributed by atoms with van der Waals surface area (Å²) in [5, 5.41) is 2.72. The lowest BCUT2D eigenvalue weighted by molar-refractivity contribution is 0.399. The van der Waals surface area contributed by atoms with Crippen LogP contribution in [0.15, 0.2) is 84.9 Å². The smallest absolute Gasteiger partial charge is 0.0544 e. The third-order valence-electron chi connectivity index (χ3n) is 9.73. The van der Waals surface area contributed by atoms with Crippen molar-refractivity contribution in [2.75, 3.05) is 0 Å². The molecule has 1 aromatic heterocycles. The monoisotopic (exact) mass is 541 g/mol. The minimum Gasteiger partial charge on any atom is -0.309 e. The highest BCUT2D eigenvalue weighted by Crippen LogP contribution is 2.55. The van der Waals surface area contributed by atoms with Crippen molar-refractivity contribution >= 4 is 21.8 Å². The van der Waals surface area contributed by atoms with Gasteiger partial charge in [-0.15, -0.1) is 0 Å². The molecule has 0 spiro atoms. The van der Waals surface area contributed by atoms with Crippen molar-refractivity contribution in [3.05, 3.63) is 102 Å². The van der Waals surface area contributed by atoms with Gasteiger partial charge in [0, 0.05) is 21.9 Å². The van der Waals surface area contributed by atoms with Crippen molar-refractivity contribution in [1.29, 1.82) is 0 Å². The van der Waals surface area contributed by atoms with E-state index in [4.69, 9.17) is 0 Å². The van der Waals surface area contributed by atoms with Gasteiger partial charge in [-0.3, -0.25) is 0 Å². The van der Waals surface area contributed by atoms with Gasteiger partial charge in [0.2, 0.25) is 0 Å². The fourth-order valence-electron chi connectivity index (χ4n) is 7.68. The second kappa shape index (κ2) is 12.3. The van der Waals surface area contributed by atoms with Crippen molar-refractivity contribution in [2.24, 2.45) is 0 Å². The van der Waals surface area contributed by atoms with Crippen LogP contribution in [-0.2, 0) is 5.41 Å². The van der Waals surface area contributed by atoms with Crippen molar-refractivity contribution in [2.45, 2.75) is 103 Å². The molecular weight excluding hydrogens is 494 g/mol. The Balaban J connectivity index is 1.54. The first-order valence-corrected chi connectivity index (χ1v) is 16.4. The molecule has 41 heavy (non-hydrogen) atoms. The van der Waals surface area contributed by atoms with E-state index < -0.39 is 0 Å². The van der Waals surface area contributed by atoms with E-state index in [1.165, 1.54) is 121 Å². The maximum absolute atomic E-state index is 2.61. The molecule has 0 N–H and O–H groups in total. The Morgan fingerprint density at radius 2 is 1.22 bits per heavy atom. The lowest BCUT2D eigenvalue weighted by Crippen LogP contribution is -2.25. The van der Waals surface area contributed by atoms with Gasteiger partial charge < -0.3 is 4.57 Å². The van der Waals surface area contributed by atoms with Gasteiger partial charge in [-0.05, 0) is 77.9 Å². The van der Waals surface area contributed by atoms with Crippen LogP contribution in [0.4, 0.5) is 0 Å². The molecule has 1 aliphatic rings. The Hall–Kier alpha value is -3.32. The fraction of sp³-hybridized carbons (Fsp3) is 0.400. The van der Waals surface area contributed by atoms with Crippen LogP contribution >= 0.6 is 0 Å². The molecule has 1 unspecified atom stereocenters. The van der Waals surface area contributed by atoms with Crippen molar-refractivity contribution in [3.63, 3.8) is 0 Å². The molecule has 6 rings (SSSR count). The first-order chi connectivity index (χ1) is 20.2. The van der Waals surface area contributed by atoms with Crippen LogP contribution in [-0.4, -0.2) is 4.57 Å². The molecule has 0 bridgehead atoms. The standard InChI is InChI=1S/C40H47N/c1-4-6-8-10-11-17-26-40(25-16-9-7-5-2)36-23-14-12-21-32(36)34-28-35-33-22-13-15-24-38(33)41(39(35)29-37(34)40)31-20-18-19-30(3)27-31/h12-15,18-24,27-29H,4-11,16-17,25-26H2,1-3H3. The molecule has 4 aromatic carbocycles. The summed E-state index contributed by atoms with van der Waals surface area (Å²) < 4.78 is 2.52. The second-order valence-electron chi connectivity index (χ2n) is 12.6. The van der Waals surface area contributed by atoms with E-state index in [0.29, 0.717) is 0 Å². The van der Waals surface area contributed by atoms with Crippen LogP contribution in [0.5, 0.6) is 0 Å². The summed E-state index contributed by atoms with van der Waals surface area (Å²) in [6, 6.07) is 32.6. The number of unbranched alkanes of at least 4 members (excludes halogenated alkanes) is 8. The van der Waals surface area contributed by atoms with Gasteiger partial charge in [0.05, 0.1) is 11.0 Å². The van der Waals surface area contributed by atoms with E-state index in [1.807, 2.05) is 0 Å². The summed E-state index contributed by atoms with van der Waals surface area (Å²) >= 11 is 0. The molecule has 1 atom stereocenters. The van der Waals surface area contributed by atoms with Gasteiger partial charge in [0.1, 0.15) is 0 Å². The van der Waals surface area contributed by atoms with Crippen LogP contribution in [0.3, 0.4) is 0 Å². The van der Waals surface area contributed by atoms with Crippen LogP contribution < -0.4 is 0 Å². The van der Waals surface area contributed by atoms with Crippen molar-refractivity contribution < 1.29 is 0 Å². The Labute approximate surface area is 247 Å². The highest BCUT2D eigenvalue weighted by atomic mass is 15.0. The highest BCUT2D eigenvalue weighted by molar-refractivity contribution is 6.11. The quantitative estimate of drug-likeness (QED) is 0.131. The number of benzene rings is 4. The summed E-state index contributed by atoms with van der Waals surface area (Å²) in [6.45, 7) is 6.84. The number of fused-ring (bicyclic) bond motifs is 6. The minimum atomic E-state index is 0.104. The zero-order chi connectivity index (χ0) is 28.2. The lowest BCUT2D eigenvalue weighted by atomic mass is 9.70. The fourth-order valence-corrected chi connectivity index (χ4v) is 7.68. The average molecular weight is 542 g/mol. The largest absolute Gasteiger partial charge is 0.309 e. The van der Waals surface area contributed by atoms with Crippen LogP contribution in [0, 0.1) is 6.92 Å². The summed E-state index contributed by atoms with van der Waals surface area (Å²) in [6.07, 6.45) is 15.9. The van der Waals surface area contributed by atoms with Gasteiger partial charge in [0.25, 0.3) is 0 Å². The Kier molecular flexibility index (Phi) is 8.33. The molecule has 5 aromatic rings. The van der Waals surface area contributed by atoms with Gasteiger partial charge in [0.15, 0.2) is 0 Å². The van der Waals surface area contributed by atoms with E-state index in [-0.39, 0.29) is 5.41 Å². The van der Waals surface area contributed by atoms with Crippen molar-refractivity contribution in [1.82, 2.24) is 4.57 Å². The summed E-state index contributed by atoms with van der Waals surface area (Å²) in [7, 11) is 0. The molecule has 0 saturated carbocycles. The van der Waals surface area contributed by atoms with E-state index in [9.17, 15) is 0 Å². The lowest BCUT2D eigenvalue weighted by Gasteiger charge is -2.33. The zero-order valence-electron chi connectivity index (χ0n) is 25.5. The first-order valence-electron chi connectivity index (χ1n) is 16.4. The van der Waals surface area contributed by atoms with Gasteiger partial charge >= 0.3 is 0 Å². The third-order valence-corrected chi connectivity index (χ3v) is 9.73. The number of aryl methyl sites for hydroxylation is 1. The molecule has 1 nitrogen and oxygen atoms in total. The molecule has 1 heteroatoms. The molecule has 1 aliphatic carbocycles. The molecular formula is C40H47N. The Morgan fingerprint density at radius 1 is 0.537 bits per heavy atom. The minimum absolute atomic E-state index is 0.104. The number of aromatic nitrogens is 1. The predicted octanol–water partition coefficient (Wildman–Crippen LogP) is 12.1. The topological polar surface area (TPSA) is 4.93 Å². The summed E-state index contributed by atoms with van der Waals surface area (Å²) in [4.78, 5) is 0. The van der Waals surface area contributed by atoms with E-state index in [2.05, 4.69) is 110 Å². The molecule has 0 saturated heterocycles. The molecule has 0 fully saturated rings. The number of hydrogen-bond donors (Lipinski definition) is 0. The van der Waals surface area contributed by atoms with E-state index in [1.54, 1.807) is 11.1 Å². The maximum Gasteiger partial charge on any atom is 0.0544 e. The number of nitrogens with zero attached hydrogens (tertiary/aromatic N) is 1. The summed E-state index contributed by atoms with van der Waals surface area (Å²) in [5.41, 5.74) is 11.4. The molecule has 1 heterocycles. The van der Waals surface area contributed by atoms with Crippen molar-refractivity contribution in [3.8, 4) is 16.8 Å². The average Bonchev–Trinajstić information content (AvgIpc) is 3.46. The molecule has 0 radical (unpaired) electrons. The highest BCUT2D eigenvalue weighted by Gasteiger charge is 2.42. The van der Waals surface area contributed by atoms with E-state index in [0.717, 1.165) is 0 Å². The Morgan fingerprint density at radius 3 is 2.00 bits per heavy atom. The number of hydrogen-bond acceptors (Lipinski definition) is 0. The van der Waals surface area contributed by atoms with E-state index >= 15 is 0 Å². The zero-order valence-corrected chi connectivity index (χ0v) is 25.5. The van der Waals surface area contributed by atoms with Crippen LogP contribution in [0.1, 0.15) is 108 Å². The van der Waals surface area contributed by atoms with Crippen LogP contribution in [0.25, 0.3) is 38.6 Å². The SMILES string of the molecule is CCCCCCCCC1(CCCCCC)c2ccccc2-c2cc3c4ccccc4n(-c4cccc(C)c4)c3cc21. The maximum atomic E-state index is 2.61. The Bertz CT molecular complexity index is 1640. The predicted molar refractivity (Wildman–Crippen MR) is 178 cm³/mol. The summed E-state index contributed by atoms with van der Waals surface area (Å²) in [5.74, 6) is 0. The molecule has 0 aliphatic heterocycles. The number of rotatable bonds is 13. The normalized spacial score (nSPS) is 16.0.